The van der Waals surface area contributed by atoms with Gasteiger partial charge >= 0.3 is 5.91 Å². The number of aromatic nitrogens is 1. The summed E-state index contributed by atoms with van der Waals surface area (Å²) in [5.41, 5.74) is 2.63. The molecule has 0 spiro atoms. The van der Waals surface area contributed by atoms with E-state index in [2.05, 4.69) is 4.98 Å². The zero-order valence-corrected chi connectivity index (χ0v) is 18.6. The Kier molecular flexibility index (Phi) is 5.71. The highest BCUT2D eigenvalue weighted by molar-refractivity contribution is 7.14. The van der Waals surface area contributed by atoms with Crippen molar-refractivity contribution < 1.29 is 24.5 Å². The molecule has 2 heterocycles. The highest BCUT2D eigenvalue weighted by Gasteiger charge is 2.48. The number of phenols is 1. The topological polar surface area (TPSA) is 100.0 Å². The predicted molar refractivity (Wildman–Crippen MR) is 122 cm³/mol. The van der Waals surface area contributed by atoms with E-state index in [-0.39, 0.29) is 22.8 Å². The van der Waals surface area contributed by atoms with E-state index in [1.54, 1.807) is 36.7 Å². The second-order valence-electron chi connectivity index (χ2n) is 7.46. The lowest BCUT2D eigenvalue weighted by molar-refractivity contribution is -0.132. The number of aliphatic hydroxyl groups excluding tert-OH is 1. The minimum Gasteiger partial charge on any atom is -0.507 e. The van der Waals surface area contributed by atoms with Crippen LogP contribution in [0, 0.1) is 13.8 Å². The van der Waals surface area contributed by atoms with Crippen molar-refractivity contribution in [2.75, 3.05) is 11.5 Å². The van der Waals surface area contributed by atoms with Crippen molar-refractivity contribution >= 4 is 33.9 Å². The van der Waals surface area contributed by atoms with Crippen molar-refractivity contribution in [2.24, 2.45) is 0 Å². The zero-order chi connectivity index (χ0) is 23.0. The van der Waals surface area contributed by atoms with Crippen molar-refractivity contribution in [3.05, 3.63) is 75.8 Å². The van der Waals surface area contributed by atoms with Crippen molar-refractivity contribution in [3.8, 4) is 11.5 Å². The number of ketones is 1. The Balaban J connectivity index is 1.98. The molecule has 0 saturated carbocycles. The van der Waals surface area contributed by atoms with Gasteiger partial charge in [-0.05, 0) is 50.1 Å². The van der Waals surface area contributed by atoms with Crippen LogP contribution in [0.25, 0.3) is 5.76 Å². The van der Waals surface area contributed by atoms with Gasteiger partial charge in [-0.3, -0.25) is 14.5 Å². The monoisotopic (exact) mass is 450 g/mol. The number of Topliss-reactive ketones (excluding diaryl/α,β-unsaturated/α-hetero) is 1. The summed E-state index contributed by atoms with van der Waals surface area (Å²) in [6.45, 7) is 5.82. The Morgan fingerprint density at radius 1 is 1.19 bits per heavy atom. The van der Waals surface area contributed by atoms with Gasteiger partial charge in [0.1, 0.15) is 5.76 Å². The van der Waals surface area contributed by atoms with Crippen molar-refractivity contribution in [1.82, 2.24) is 4.98 Å². The lowest BCUT2D eigenvalue weighted by atomic mass is 9.93. The summed E-state index contributed by atoms with van der Waals surface area (Å²) in [7, 11) is 0. The molecule has 7 nitrogen and oxygen atoms in total. The van der Waals surface area contributed by atoms with E-state index in [1.807, 2.05) is 26.0 Å². The van der Waals surface area contributed by atoms with Gasteiger partial charge in [-0.2, -0.15) is 0 Å². The van der Waals surface area contributed by atoms with Gasteiger partial charge in [0.15, 0.2) is 16.6 Å². The summed E-state index contributed by atoms with van der Waals surface area (Å²) in [5, 5.41) is 23.5. The van der Waals surface area contributed by atoms with Crippen LogP contribution in [0.15, 0.2) is 53.5 Å². The number of ether oxygens (including phenoxy) is 1. The molecule has 0 aliphatic carbocycles. The Morgan fingerprint density at radius 2 is 1.97 bits per heavy atom. The Morgan fingerprint density at radius 3 is 2.66 bits per heavy atom. The van der Waals surface area contributed by atoms with Gasteiger partial charge in [0, 0.05) is 17.1 Å². The number of carbonyl (C=O) groups excluding carboxylic acids is 2. The highest BCUT2D eigenvalue weighted by Crippen LogP contribution is 2.44. The number of hydrogen-bond donors (Lipinski definition) is 2. The van der Waals surface area contributed by atoms with E-state index in [0.717, 1.165) is 11.1 Å². The summed E-state index contributed by atoms with van der Waals surface area (Å²) in [6, 6.07) is 9.23. The second-order valence-corrected chi connectivity index (χ2v) is 8.34. The SMILES string of the molecule is CCOc1cc(C2C(=C(O)c3cc(C)ccc3C)C(=O)C(=O)N2c2nccs2)ccc1O. The summed E-state index contributed by atoms with van der Waals surface area (Å²) in [5.74, 6) is -1.66. The van der Waals surface area contributed by atoms with Crippen LogP contribution in [-0.4, -0.2) is 33.5 Å². The summed E-state index contributed by atoms with van der Waals surface area (Å²) in [6.07, 6.45) is 1.55. The van der Waals surface area contributed by atoms with Gasteiger partial charge in [-0.25, -0.2) is 4.98 Å². The quantitative estimate of drug-likeness (QED) is 0.338. The van der Waals surface area contributed by atoms with Crippen molar-refractivity contribution in [2.45, 2.75) is 26.8 Å². The Bertz CT molecular complexity index is 1230. The van der Waals surface area contributed by atoms with Crippen LogP contribution in [0.4, 0.5) is 5.13 Å². The summed E-state index contributed by atoms with van der Waals surface area (Å²) < 4.78 is 5.50. The average molecular weight is 451 g/mol. The molecule has 1 fully saturated rings. The van der Waals surface area contributed by atoms with Crippen molar-refractivity contribution in [1.29, 1.82) is 0 Å². The fraction of sp³-hybridized carbons (Fsp3) is 0.208. The van der Waals surface area contributed by atoms with E-state index in [9.17, 15) is 19.8 Å². The van der Waals surface area contributed by atoms with Gasteiger partial charge in [0.05, 0.1) is 18.2 Å². The normalized spacial score (nSPS) is 17.7. The number of aliphatic hydroxyl groups is 1. The molecule has 2 aromatic carbocycles. The fourth-order valence-electron chi connectivity index (χ4n) is 3.79. The number of aromatic hydroxyl groups is 1. The third-order valence-electron chi connectivity index (χ3n) is 5.32. The smallest absolute Gasteiger partial charge is 0.301 e. The average Bonchev–Trinajstić information content (AvgIpc) is 3.38. The van der Waals surface area contributed by atoms with Crippen LogP contribution >= 0.6 is 11.3 Å². The van der Waals surface area contributed by atoms with Gasteiger partial charge in [0.2, 0.25) is 0 Å². The minimum atomic E-state index is -0.930. The van der Waals surface area contributed by atoms with Crippen LogP contribution < -0.4 is 9.64 Å². The molecule has 1 amide bonds. The van der Waals surface area contributed by atoms with Gasteiger partial charge < -0.3 is 14.9 Å². The van der Waals surface area contributed by atoms with Crippen LogP contribution in [0.3, 0.4) is 0 Å². The van der Waals surface area contributed by atoms with Crippen LogP contribution in [0.1, 0.15) is 35.2 Å². The third kappa shape index (κ3) is 3.62. The molecule has 164 valence electrons. The number of phenolic OH excluding ortho intramolecular Hbond substituents is 1. The summed E-state index contributed by atoms with van der Waals surface area (Å²) in [4.78, 5) is 31.8. The number of benzene rings is 2. The Hall–Kier alpha value is -3.65. The van der Waals surface area contributed by atoms with Crippen molar-refractivity contribution in [3.63, 3.8) is 0 Å². The lowest BCUT2D eigenvalue weighted by Gasteiger charge is -2.23. The second kappa shape index (κ2) is 8.47. The number of nitrogens with zero attached hydrogens (tertiary/aromatic N) is 2. The molecule has 1 aliphatic rings. The maximum absolute atomic E-state index is 13.2. The lowest BCUT2D eigenvalue weighted by Crippen LogP contribution is -2.29. The standard InChI is InChI=1S/C24H22N2O5S/c1-4-31-18-12-15(7-8-17(18)27)20-19(21(28)16-11-13(2)5-6-14(16)3)22(29)23(30)26(20)24-25-9-10-32-24/h5-12,20,27-28H,4H2,1-3H3. The van der Waals surface area contributed by atoms with E-state index >= 15 is 0 Å². The molecule has 32 heavy (non-hydrogen) atoms. The first-order valence-corrected chi connectivity index (χ1v) is 10.9. The maximum Gasteiger partial charge on any atom is 0.301 e. The maximum atomic E-state index is 13.2. The number of hydrogen-bond acceptors (Lipinski definition) is 7. The molecule has 1 saturated heterocycles. The van der Waals surface area contributed by atoms with Gasteiger partial charge in [0.25, 0.3) is 5.78 Å². The molecular weight excluding hydrogens is 428 g/mol. The molecule has 1 atom stereocenters. The molecular formula is C24H22N2O5S. The number of rotatable bonds is 5. The molecule has 0 bridgehead atoms. The van der Waals surface area contributed by atoms with Crippen LogP contribution in [-0.2, 0) is 9.59 Å². The minimum absolute atomic E-state index is 0.0351. The summed E-state index contributed by atoms with van der Waals surface area (Å²) >= 11 is 1.21. The van der Waals surface area contributed by atoms with E-state index in [4.69, 9.17) is 4.74 Å². The number of carbonyl (C=O) groups is 2. The van der Waals surface area contributed by atoms with Crippen LogP contribution in [0.5, 0.6) is 11.5 Å². The van der Waals surface area contributed by atoms with E-state index < -0.39 is 17.7 Å². The molecule has 1 unspecified atom stereocenters. The fourth-order valence-corrected chi connectivity index (χ4v) is 4.46. The van der Waals surface area contributed by atoms with E-state index in [1.165, 1.54) is 22.3 Å². The molecule has 8 heteroatoms. The Labute approximate surface area is 189 Å². The van der Waals surface area contributed by atoms with Gasteiger partial charge in [-0.15, -0.1) is 11.3 Å². The van der Waals surface area contributed by atoms with Gasteiger partial charge in [-0.1, -0.05) is 23.8 Å². The van der Waals surface area contributed by atoms with Crippen LogP contribution in [0.2, 0.25) is 0 Å². The first-order chi connectivity index (χ1) is 15.3. The number of thiazole rings is 1. The third-order valence-corrected chi connectivity index (χ3v) is 6.09. The number of amides is 1. The van der Waals surface area contributed by atoms with E-state index in [0.29, 0.717) is 22.9 Å². The molecule has 1 aliphatic heterocycles. The molecule has 3 aromatic rings. The largest absolute Gasteiger partial charge is 0.507 e. The molecule has 1 aromatic heterocycles. The molecule has 4 rings (SSSR count). The predicted octanol–water partition coefficient (Wildman–Crippen LogP) is 4.49. The zero-order valence-electron chi connectivity index (χ0n) is 17.8. The highest BCUT2D eigenvalue weighted by atomic mass is 32.1. The molecule has 0 radical (unpaired) electrons. The first kappa shape index (κ1) is 21.6. The molecule has 2 N–H and O–H groups in total. The first-order valence-electron chi connectivity index (χ1n) is 10.1. The number of anilines is 1. The number of aryl methyl sites for hydroxylation is 2.